The molecule has 1 aromatic heterocycles. The minimum atomic E-state index is -0.0696. The summed E-state index contributed by atoms with van der Waals surface area (Å²) in [6, 6.07) is 5.87. The lowest BCUT2D eigenvalue weighted by Gasteiger charge is -2.09. The van der Waals surface area contributed by atoms with Gasteiger partial charge in [-0.05, 0) is 43.9 Å². The van der Waals surface area contributed by atoms with Crippen molar-refractivity contribution in [2.24, 2.45) is 0 Å². The third-order valence-corrected chi connectivity index (χ3v) is 4.37. The molecule has 1 N–H and O–H groups in total. The van der Waals surface area contributed by atoms with Crippen molar-refractivity contribution < 1.29 is 9.21 Å². The molecule has 6 heteroatoms. The van der Waals surface area contributed by atoms with E-state index in [2.05, 4.69) is 15.5 Å². The van der Waals surface area contributed by atoms with Crippen LogP contribution in [0.4, 0.5) is 5.69 Å². The Morgan fingerprint density at radius 2 is 2.19 bits per heavy atom. The van der Waals surface area contributed by atoms with Gasteiger partial charge in [-0.25, -0.2) is 0 Å². The first kappa shape index (κ1) is 14.1. The van der Waals surface area contributed by atoms with Crippen LogP contribution in [0.25, 0.3) is 0 Å². The van der Waals surface area contributed by atoms with E-state index in [0.29, 0.717) is 17.0 Å². The first-order valence-corrected chi connectivity index (χ1v) is 7.94. The van der Waals surface area contributed by atoms with Gasteiger partial charge in [-0.2, -0.15) is 0 Å². The molecule has 1 aromatic carbocycles. The number of hydrogen-bond acceptors (Lipinski definition) is 5. The lowest BCUT2D eigenvalue weighted by molar-refractivity contribution is -0.113. The van der Waals surface area contributed by atoms with Crippen molar-refractivity contribution >= 4 is 23.4 Å². The van der Waals surface area contributed by atoms with Gasteiger partial charge >= 0.3 is 0 Å². The molecular weight excluding hydrogens is 286 g/mol. The summed E-state index contributed by atoms with van der Waals surface area (Å²) in [6.07, 6.45) is 2.25. The molecule has 5 nitrogen and oxygen atoms in total. The summed E-state index contributed by atoms with van der Waals surface area (Å²) in [5.74, 6) is 1.34. The van der Waals surface area contributed by atoms with Crippen molar-refractivity contribution in [2.75, 3.05) is 11.1 Å². The van der Waals surface area contributed by atoms with Crippen molar-refractivity contribution in [2.45, 2.75) is 37.8 Å². The second kappa shape index (κ2) is 5.89. The first-order chi connectivity index (χ1) is 10.1. The normalized spacial score (nSPS) is 14.2. The van der Waals surface area contributed by atoms with Gasteiger partial charge in [-0.15, -0.1) is 10.2 Å². The van der Waals surface area contributed by atoms with Gasteiger partial charge in [-0.1, -0.05) is 23.9 Å². The zero-order chi connectivity index (χ0) is 14.8. The maximum absolute atomic E-state index is 12.0. The second-order valence-corrected chi connectivity index (χ2v) is 6.19. The Morgan fingerprint density at radius 3 is 2.95 bits per heavy atom. The average molecular weight is 303 g/mol. The molecule has 3 rings (SSSR count). The number of aromatic nitrogens is 2. The molecule has 1 aliphatic rings. The highest BCUT2D eigenvalue weighted by atomic mass is 32.2. The second-order valence-electron chi connectivity index (χ2n) is 5.26. The number of nitrogens with zero attached hydrogens (tertiary/aromatic N) is 2. The zero-order valence-corrected chi connectivity index (χ0v) is 12.9. The number of carbonyl (C=O) groups is 1. The molecule has 21 heavy (non-hydrogen) atoms. The standard InChI is InChI=1S/C15H17N3O2S/c1-9-4-3-5-12(10(9)2)16-13(19)8-21-15-18-17-14(20-15)11-6-7-11/h3-5,11H,6-8H2,1-2H3,(H,16,19). The highest BCUT2D eigenvalue weighted by Gasteiger charge is 2.29. The molecular formula is C15H17N3O2S. The van der Waals surface area contributed by atoms with Crippen LogP contribution in [0.3, 0.4) is 0 Å². The molecule has 0 spiro atoms. The van der Waals surface area contributed by atoms with E-state index in [1.165, 1.54) is 11.8 Å². The van der Waals surface area contributed by atoms with Crippen molar-refractivity contribution in [1.29, 1.82) is 0 Å². The minimum absolute atomic E-state index is 0.0696. The van der Waals surface area contributed by atoms with Crippen LogP contribution in [0.1, 0.15) is 35.8 Å². The van der Waals surface area contributed by atoms with E-state index < -0.39 is 0 Å². The fraction of sp³-hybridized carbons (Fsp3) is 0.400. The van der Waals surface area contributed by atoms with E-state index in [1.54, 1.807) is 0 Å². The molecule has 0 atom stereocenters. The summed E-state index contributed by atoms with van der Waals surface area (Å²) in [6.45, 7) is 4.02. The molecule has 0 bridgehead atoms. The summed E-state index contributed by atoms with van der Waals surface area (Å²) in [5, 5.41) is 11.3. The Bertz CT molecular complexity index is 665. The first-order valence-electron chi connectivity index (χ1n) is 6.96. The number of benzene rings is 1. The number of thioether (sulfide) groups is 1. The molecule has 1 heterocycles. The predicted molar refractivity (Wildman–Crippen MR) is 81.5 cm³/mol. The highest BCUT2D eigenvalue weighted by molar-refractivity contribution is 7.99. The predicted octanol–water partition coefficient (Wildman–Crippen LogP) is 3.29. The molecule has 0 unspecified atom stereocenters. The molecule has 0 aliphatic heterocycles. The van der Waals surface area contributed by atoms with Crippen molar-refractivity contribution in [3.63, 3.8) is 0 Å². The summed E-state index contributed by atoms with van der Waals surface area (Å²) in [5.41, 5.74) is 3.10. The van der Waals surface area contributed by atoms with Crippen LogP contribution >= 0.6 is 11.8 Å². The van der Waals surface area contributed by atoms with Gasteiger partial charge in [-0.3, -0.25) is 4.79 Å². The van der Waals surface area contributed by atoms with Gasteiger partial charge in [0.2, 0.25) is 11.8 Å². The van der Waals surface area contributed by atoms with Gasteiger partial charge in [0.25, 0.3) is 5.22 Å². The van der Waals surface area contributed by atoms with E-state index in [4.69, 9.17) is 4.42 Å². The third-order valence-electron chi connectivity index (χ3n) is 3.55. The molecule has 1 fully saturated rings. The third kappa shape index (κ3) is 3.44. The molecule has 1 amide bonds. The van der Waals surface area contributed by atoms with Gasteiger partial charge in [0.15, 0.2) is 0 Å². The monoisotopic (exact) mass is 303 g/mol. The van der Waals surface area contributed by atoms with E-state index in [-0.39, 0.29) is 11.7 Å². The topological polar surface area (TPSA) is 68.0 Å². The lowest BCUT2D eigenvalue weighted by Crippen LogP contribution is -2.15. The maximum Gasteiger partial charge on any atom is 0.277 e. The molecule has 110 valence electrons. The van der Waals surface area contributed by atoms with Crippen LogP contribution in [0, 0.1) is 13.8 Å². The van der Waals surface area contributed by atoms with Crippen molar-refractivity contribution in [3.05, 3.63) is 35.2 Å². The van der Waals surface area contributed by atoms with Gasteiger partial charge in [0.1, 0.15) is 0 Å². The fourth-order valence-electron chi connectivity index (χ4n) is 1.97. The van der Waals surface area contributed by atoms with E-state index in [9.17, 15) is 4.79 Å². The lowest BCUT2D eigenvalue weighted by atomic mass is 10.1. The van der Waals surface area contributed by atoms with E-state index in [1.807, 2.05) is 32.0 Å². The molecule has 2 aromatic rings. The Morgan fingerprint density at radius 1 is 1.38 bits per heavy atom. The van der Waals surface area contributed by atoms with Crippen LogP contribution in [-0.4, -0.2) is 21.9 Å². The van der Waals surface area contributed by atoms with Crippen LogP contribution in [0.5, 0.6) is 0 Å². The number of carbonyl (C=O) groups excluding carboxylic acids is 1. The van der Waals surface area contributed by atoms with Crippen LogP contribution < -0.4 is 5.32 Å². The molecule has 0 radical (unpaired) electrons. The largest absolute Gasteiger partial charge is 0.416 e. The minimum Gasteiger partial charge on any atom is -0.416 e. The Hall–Kier alpha value is -1.82. The van der Waals surface area contributed by atoms with E-state index in [0.717, 1.165) is 29.7 Å². The summed E-state index contributed by atoms with van der Waals surface area (Å²) < 4.78 is 5.51. The van der Waals surface area contributed by atoms with Gasteiger partial charge < -0.3 is 9.73 Å². The molecule has 1 saturated carbocycles. The molecule has 0 saturated heterocycles. The fourth-order valence-corrected chi connectivity index (χ4v) is 2.54. The van der Waals surface area contributed by atoms with Crippen LogP contribution in [0.2, 0.25) is 0 Å². The SMILES string of the molecule is Cc1cccc(NC(=O)CSc2nnc(C3CC3)o2)c1C. The Kier molecular flexibility index (Phi) is 3.96. The Labute approximate surface area is 127 Å². The Balaban J connectivity index is 1.54. The quantitative estimate of drug-likeness (QED) is 0.858. The number of amides is 1. The maximum atomic E-state index is 12.0. The summed E-state index contributed by atoms with van der Waals surface area (Å²) >= 11 is 1.27. The van der Waals surface area contributed by atoms with Gasteiger partial charge in [0, 0.05) is 11.6 Å². The average Bonchev–Trinajstić information content (AvgIpc) is 3.21. The van der Waals surface area contributed by atoms with Gasteiger partial charge in [0.05, 0.1) is 5.75 Å². The number of aryl methyl sites for hydroxylation is 1. The number of anilines is 1. The van der Waals surface area contributed by atoms with E-state index >= 15 is 0 Å². The number of nitrogens with one attached hydrogen (secondary N) is 1. The molecule has 1 aliphatic carbocycles. The highest BCUT2D eigenvalue weighted by Crippen LogP contribution is 2.39. The van der Waals surface area contributed by atoms with Crippen LogP contribution in [0.15, 0.2) is 27.8 Å². The smallest absolute Gasteiger partial charge is 0.277 e. The zero-order valence-electron chi connectivity index (χ0n) is 12.0. The number of hydrogen-bond donors (Lipinski definition) is 1. The van der Waals surface area contributed by atoms with Crippen LogP contribution in [-0.2, 0) is 4.79 Å². The van der Waals surface area contributed by atoms with Crippen molar-refractivity contribution in [3.8, 4) is 0 Å². The summed E-state index contributed by atoms with van der Waals surface area (Å²) in [7, 11) is 0. The van der Waals surface area contributed by atoms with Crippen molar-refractivity contribution in [1.82, 2.24) is 10.2 Å². The summed E-state index contributed by atoms with van der Waals surface area (Å²) in [4.78, 5) is 12.0. The number of rotatable bonds is 5.